The van der Waals surface area contributed by atoms with Gasteiger partial charge in [-0.05, 0) is 32.0 Å². The maximum Gasteiger partial charge on any atom is 0.259 e. The molecule has 2 rings (SSSR count). The fourth-order valence-corrected chi connectivity index (χ4v) is 2.20. The third-order valence-electron chi connectivity index (χ3n) is 3.48. The number of carbonyl (C=O) groups excluding carboxylic acids is 1. The molecular weight excluding hydrogens is 346 g/mol. The molecule has 1 aromatic carbocycles. The molecule has 9 nitrogen and oxygen atoms in total. The molecule has 0 fully saturated rings. The Morgan fingerprint density at radius 3 is 2.74 bits per heavy atom. The van der Waals surface area contributed by atoms with Gasteiger partial charge in [0.2, 0.25) is 5.95 Å². The number of phenols is 1. The number of rotatable bonds is 8. The highest BCUT2D eigenvalue weighted by Crippen LogP contribution is 2.24. The van der Waals surface area contributed by atoms with Gasteiger partial charge in [0.25, 0.3) is 5.91 Å². The van der Waals surface area contributed by atoms with Gasteiger partial charge < -0.3 is 31.8 Å². The number of anilines is 3. The van der Waals surface area contributed by atoms with Gasteiger partial charge in [-0.1, -0.05) is 0 Å². The Hall–Kier alpha value is -3.62. The Morgan fingerprint density at radius 2 is 2.07 bits per heavy atom. The first-order valence-electron chi connectivity index (χ1n) is 8.35. The molecule has 0 bridgehead atoms. The highest BCUT2D eigenvalue weighted by atomic mass is 16.3. The van der Waals surface area contributed by atoms with Crippen molar-refractivity contribution in [1.29, 1.82) is 5.41 Å². The second-order valence-electron chi connectivity index (χ2n) is 5.58. The minimum atomic E-state index is -0.537. The Morgan fingerprint density at radius 1 is 1.30 bits per heavy atom. The van der Waals surface area contributed by atoms with Crippen molar-refractivity contribution in [3.05, 3.63) is 47.4 Å². The van der Waals surface area contributed by atoms with Crippen LogP contribution in [0.1, 0.15) is 23.0 Å². The smallest absolute Gasteiger partial charge is 0.259 e. The molecule has 0 radical (unpaired) electrons. The molecule has 0 aliphatic heterocycles. The molecule has 0 spiro atoms. The van der Waals surface area contributed by atoms with E-state index in [0.29, 0.717) is 24.0 Å². The van der Waals surface area contributed by atoms with Crippen LogP contribution in [0, 0.1) is 12.3 Å². The fraction of sp³-hybridized carbons (Fsp3) is 0.222. The number of hydrogen-bond acceptors (Lipinski definition) is 8. The van der Waals surface area contributed by atoms with Crippen LogP contribution in [0.4, 0.5) is 17.5 Å². The Balaban J connectivity index is 2.24. The second kappa shape index (κ2) is 9.18. The summed E-state index contributed by atoms with van der Waals surface area (Å²) in [4.78, 5) is 21.0. The number of hydrogen-bond donors (Lipinski definition) is 6. The van der Waals surface area contributed by atoms with E-state index in [-0.39, 0.29) is 17.0 Å². The van der Waals surface area contributed by atoms with E-state index in [2.05, 4.69) is 31.2 Å². The molecule has 1 amide bonds. The fourth-order valence-electron chi connectivity index (χ4n) is 2.20. The summed E-state index contributed by atoms with van der Waals surface area (Å²) < 4.78 is 0. The number of allylic oxidation sites excluding steroid dienone is 1. The molecule has 2 aromatic rings. The quantitative estimate of drug-likeness (QED) is 0.310. The summed E-state index contributed by atoms with van der Waals surface area (Å²) in [7, 11) is 1.76. The number of carbonyl (C=O) groups is 1. The van der Waals surface area contributed by atoms with Crippen LogP contribution in [0.25, 0.3) is 0 Å². The molecule has 9 heteroatoms. The SMILES string of the molecule is CCN/C=C(\C=N)NC(=O)c1cc(Nc2nc(C)cc(NC)n2)ccc1O. The van der Waals surface area contributed by atoms with Crippen molar-refractivity contribution in [3.63, 3.8) is 0 Å². The van der Waals surface area contributed by atoms with E-state index in [0.717, 1.165) is 11.9 Å². The summed E-state index contributed by atoms with van der Waals surface area (Å²) in [5.74, 6) is 0.311. The number of aryl methyl sites for hydroxylation is 1. The van der Waals surface area contributed by atoms with Gasteiger partial charge in [0, 0.05) is 43.5 Å². The summed E-state index contributed by atoms with van der Waals surface area (Å²) in [6.07, 6.45) is 2.53. The lowest BCUT2D eigenvalue weighted by Gasteiger charge is -2.11. The van der Waals surface area contributed by atoms with E-state index in [4.69, 9.17) is 5.41 Å². The number of aromatic hydroxyl groups is 1. The third-order valence-corrected chi connectivity index (χ3v) is 3.48. The number of aromatic nitrogens is 2. The van der Waals surface area contributed by atoms with Crippen molar-refractivity contribution in [2.24, 2.45) is 0 Å². The average Bonchev–Trinajstić information content (AvgIpc) is 2.65. The molecule has 0 atom stereocenters. The molecular formula is C18H23N7O2. The molecule has 0 saturated heterocycles. The maximum atomic E-state index is 12.4. The summed E-state index contributed by atoms with van der Waals surface area (Å²) in [5, 5.41) is 28.8. The average molecular weight is 369 g/mol. The van der Waals surface area contributed by atoms with Crippen LogP contribution in [0.15, 0.2) is 36.2 Å². The Kier molecular flexibility index (Phi) is 6.70. The summed E-state index contributed by atoms with van der Waals surface area (Å²) in [6.45, 7) is 4.40. The standard InChI is InChI=1S/C18H23N7O2/c1-4-21-10-13(9-19)23-17(27)14-8-12(5-6-15(14)26)24-18-22-11(2)7-16(20-3)25-18/h5-10,19,21,26H,4H2,1-3H3,(H,23,27)(H2,20,22,24,25)/b13-10+,19-9?. The molecule has 0 aliphatic carbocycles. The molecule has 142 valence electrons. The van der Waals surface area contributed by atoms with E-state index < -0.39 is 5.91 Å². The highest BCUT2D eigenvalue weighted by Gasteiger charge is 2.13. The van der Waals surface area contributed by atoms with Crippen molar-refractivity contribution in [2.45, 2.75) is 13.8 Å². The van der Waals surface area contributed by atoms with Gasteiger partial charge in [-0.2, -0.15) is 4.98 Å². The molecule has 6 N–H and O–H groups in total. The first kappa shape index (κ1) is 19.7. The highest BCUT2D eigenvalue weighted by molar-refractivity contribution is 6.01. The van der Waals surface area contributed by atoms with Crippen molar-refractivity contribution in [2.75, 3.05) is 24.2 Å². The van der Waals surface area contributed by atoms with E-state index in [1.54, 1.807) is 19.2 Å². The molecule has 27 heavy (non-hydrogen) atoms. The Bertz CT molecular complexity index is 865. The van der Waals surface area contributed by atoms with Crippen molar-refractivity contribution < 1.29 is 9.90 Å². The van der Waals surface area contributed by atoms with Crippen LogP contribution < -0.4 is 21.3 Å². The summed E-state index contributed by atoms with van der Waals surface area (Å²) in [6, 6.07) is 6.31. The van der Waals surface area contributed by atoms with E-state index >= 15 is 0 Å². The van der Waals surface area contributed by atoms with Crippen LogP contribution in [-0.4, -0.2) is 40.8 Å². The van der Waals surface area contributed by atoms with Gasteiger partial charge >= 0.3 is 0 Å². The lowest BCUT2D eigenvalue weighted by molar-refractivity contribution is 0.0965. The number of nitrogens with one attached hydrogen (secondary N) is 5. The minimum absolute atomic E-state index is 0.0609. The second-order valence-corrected chi connectivity index (χ2v) is 5.58. The normalized spacial score (nSPS) is 10.9. The third kappa shape index (κ3) is 5.43. The van der Waals surface area contributed by atoms with Crippen LogP contribution in [0.3, 0.4) is 0 Å². The van der Waals surface area contributed by atoms with E-state index in [1.807, 2.05) is 13.8 Å². The van der Waals surface area contributed by atoms with Gasteiger partial charge in [-0.3, -0.25) is 4.79 Å². The summed E-state index contributed by atoms with van der Waals surface area (Å²) >= 11 is 0. The van der Waals surface area contributed by atoms with Gasteiger partial charge in [0.05, 0.1) is 11.3 Å². The zero-order chi connectivity index (χ0) is 19.8. The van der Waals surface area contributed by atoms with Crippen LogP contribution >= 0.6 is 0 Å². The first-order chi connectivity index (χ1) is 13.0. The number of benzene rings is 1. The number of phenolic OH excluding ortho intramolecular Hbond substituents is 1. The Labute approximate surface area is 157 Å². The van der Waals surface area contributed by atoms with Gasteiger partial charge in [-0.15, -0.1) is 0 Å². The number of nitrogens with zero attached hydrogens (tertiary/aromatic N) is 2. The minimum Gasteiger partial charge on any atom is -0.507 e. The first-order valence-corrected chi connectivity index (χ1v) is 8.35. The van der Waals surface area contributed by atoms with Gasteiger partial charge in [-0.25, -0.2) is 4.98 Å². The monoisotopic (exact) mass is 369 g/mol. The lowest BCUT2D eigenvalue weighted by Crippen LogP contribution is -2.25. The van der Waals surface area contributed by atoms with Gasteiger partial charge in [0.1, 0.15) is 11.6 Å². The van der Waals surface area contributed by atoms with Gasteiger partial charge in [0.15, 0.2) is 0 Å². The molecule has 0 unspecified atom stereocenters. The van der Waals surface area contributed by atoms with Crippen molar-refractivity contribution in [3.8, 4) is 5.75 Å². The van der Waals surface area contributed by atoms with Crippen LogP contribution in [0.2, 0.25) is 0 Å². The zero-order valence-electron chi connectivity index (χ0n) is 15.4. The topological polar surface area (TPSA) is 135 Å². The van der Waals surface area contributed by atoms with Crippen molar-refractivity contribution in [1.82, 2.24) is 20.6 Å². The summed E-state index contributed by atoms with van der Waals surface area (Å²) in [5.41, 5.74) is 1.65. The predicted octanol–water partition coefficient (Wildman–Crippen LogP) is 2.11. The molecule has 1 heterocycles. The van der Waals surface area contributed by atoms with Crippen LogP contribution in [-0.2, 0) is 0 Å². The molecule has 0 aliphatic rings. The lowest BCUT2D eigenvalue weighted by atomic mass is 10.1. The van der Waals surface area contributed by atoms with E-state index in [9.17, 15) is 9.90 Å². The van der Waals surface area contributed by atoms with Crippen LogP contribution in [0.5, 0.6) is 5.75 Å². The van der Waals surface area contributed by atoms with E-state index in [1.165, 1.54) is 18.3 Å². The molecule has 1 aromatic heterocycles. The maximum absolute atomic E-state index is 12.4. The number of amides is 1. The van der Waals surface area contributed by atoms with Crippen molar-refractivity contribution >= 4 is 29.6 Å². The molecule has 0 saturated carbocycles. The predicted molar refractivity (Wildman–Crippen MR) is 106 cm³/mol. The largest absolute Gasteiger partial charge is 0.507 e. The zero-order valence-corrected chi connectivity index (χ0v) is 15.4.